The van der Waals surface area contributed by atoms with Gasteiger partial charge >= 0.3 is 0 Å². The maximum Gasteiger partial charge on any atom is 0.135 e. The number of carbonyl (C=O) groups excluding carboxylic acids is 1. The Labute approximate surface area is 172 Å². The van der Waals surface area contributed by atoms with Crippen LogP contribution in [-0.4, -0.2) is 29.7 Å². The molecule has 28 heavy (non-hydrogen) atoms. The van der Waals surface area contributed by atoms with Crippen LogP contribution in [0.3, 0.4) is 0 Å². The molecule has 4 rings (SSSR count). The first-order valence-corrected chi connectivity index (χ1v) is 12.1. The first-order valence-electron chi connectivity index (χ1n) is 12.1. The summed E-state index contributed by atoms with van der Waals surface area (Å²) in [6.07, 6.45) is 13.0. The molecule has 3 nitrogen and oxygen atoms in total. The molecule has 4 saturated carbocycles. The Hall–Kier alpha value is -0.410. The third-order valence-corrected chi connectivity index (χ3v) is 10.3. The zero-order chi connectivity index (χ0) is 20.2. The van der Waals surface area contributed by atoms with E-state index in [4.69, 9.17) is 4.74 Å². The maximum atomic E-state index is 12.3. The Morgan fingerprint density at radius 2 is 1.79 bits per heavy atom. The van der Waals surface area contributed by atoms with Crippen LogP contribution in [0, 0.1) is 34.5 Å². The zero-order valence-electron chi connectivity index (χ0n) is 18.6. The number of carbonyl (C=O) groups is 1. The standard InChI is InChI=1S/C25H42O3/c1-5-6-7-12-25(27)14-11-20-19-9-8-17-15-18(26)16-22(28-4)24(17,3)21(19)10-13-23(20,25)2/h17,19-22,27H,5-16H2,1-4H3/t17-,19-,20-,21-,22-,23-,24-,25-/m0/s1. The number of Topliss-reactive ketones (excluding diaryl/α,β-unsaturated/α-hetero) is 1. The molecule has 0 saturated heterocycles. The number of ketones is 1. The molecule has 0 amide bonds. The first kappa shape index (κ1) is 20.8. The van der Waals surface area contributed by atoms with E-state index >= 15 is 0 Å². The third kappa shape index (κ3) is 2.86. The predicted molar refractivity (Wildman–Crippen MR) is 112 cm³/mol. The zero-order valence-corrected chi connectivity index (χ0v) is 18.6. The van der Waals surface area contributed by atoms with Gasteiger partial charge in [0.05, 0.1) is 11.7 Å². The Morgan fingerprint density at radius 3 is 2.50 bits per heavy atom. The molecule has 4 aliphatic rings. The molecule has 0 heterocycles. The summed E-state index contributed by atoms with van der Waals surface area (Å²) in [7, 11) is 1.81. The normalized spacial score (nSPS) is 50.8. The van der Waals surface area contributed by atoms with E-state index in [2.05, 4.69) is 20.8 Å². The van der Waals surface area contributed by atoms with Crippen molar-refractivity contribution in [3.05, 3.63) is 0 Å². The Balaban J connectivity index is 1.59. The SMILES string of the molecule is CCCCC[C@]1(O)CC[C@H]2[C@@H]3CC[C@H]4CC(=O)C[C@H](OC)[C@]4(C)[C@H]3CC[C@@]21C. The van der Waals surface area contributed by atoms with Gasteiger partial charge < -0.3 is 9.84 Å². The number of fused-ring (bicyclic) bond motifs is 5. The molecule has 0 aromatic rings. The Morgan fingerprint density at radius 1 is 1.04 bits per heavy atom. The van der Waals surface area contributed by atoms with Gasteiger partial charge in [-0.15, -0.1) is 0 Å². The van der Waals surface area contributed by atoms with Crippen molar-refractivity contribution in [1.82, 2.24) is 0 Å². The molecule has 4 fully saturated rings. The second-order valence-electron chi connectivity index (χ2n) is 11.2. The van der Waals surface area contributed by atoms with Gasteiger partial charge in [-0.25, -0.2) is 0 Å². The molecule has 0 aromatic heterocycles. The highest BCUT2D eigenvalue weighted by atomic mass is 16.5. The number of ether oxygens (including phenoxy) is 1. The van der Waals surface area contributed by atoms with Crippen LogP contribution in [0.1, 0.15) is 97.8 Å². The van der Waals surface area contributed by atoms with Crippen molar-refractivity contribution < 1.29 is 14.6 Å². The molecule has 4 aliphatic carbocycles. The summed E-state index contributed by atoms with van der Waals surface area (Å²) in [5.74, 6) is 2.89. The van der Waals surface area contributed by atoms with Gasteiger partial charge in [0, 0.05) is 25.4 Å². The Kier molecular flexibility index (Phi) is 5.49. The van der Waals surface area contributed by atoms with Crippen LogP contribution < -0.4 is 0 Å². The molecule has 8 atom stereocenters. The minimum atomic E-state index is -0.460. The predicted octanol–water partition coefficient (Wildman–Crippen LogP) is 5.53. The van der Waals surface area contributed by atoms with E-state index < -0.39 is 5.60 Å². The van der Waals surface area contributed by atoms with Crippen LogP contribution >= 0.6 is 0 Å². The quantitative estimate of drug-likeness (QED) is 0.627. The van der Waals surface area contributed by atoms with Crippen LogP contribution in [0.15, 0.2) is 0 Å². The summed E-state index contributed by atoms with van der Waals surface area (Å²) >= 11 is 0. The number of hydrogen-bond acceptors (Lipinski definition) is 3. The number of methoxy groups -OCH3 is 1. The van der Waals surface area contributed by atoms with Crippen molar-refractivity contribution in [1.29, 1.82) is 0 Å². The lowest BCUT2D eigenvalue weighted by Crippen LogP contribution is -2.60. The van der Waals surface area contributed by atoms with E-state index in [0.717, 1.165) is 32.1 Å². The fourth-order valence-electron chi connectivity index (χ4n) is 8.60. The van der Waals surface area contributed by atoms with Crippen LogP contribution in [0.5, 0.6) is 0 Å². The third-order valence-electron chi connectivity index (χ3n) is 10.3. The van der Waals surface area contributed by atoms with Crippen molar-refractivity contribution in [3.8, 4) is 0 Å². The van der Waals surface area contributed by atoms with Gasteiger partial charge in [0.25, 0.3) is 0 Å². The summed E-state index contributed by atoms with van der Waals surface area (Å²) in [5, 5.41) is 11.7. The lowest BCUT2D eigenvalue weighted by atomic mass is 9.43. The molecular weight excluding hydrogens is 348 g/mol. The minimum absolute atomic E-state index is 0.0815. The molecule has 0 bridgehead atoms. The van der Waals surface area contributed by atoms with Crippen LogP contribution in [0.2, 0.25) is 0 Å². The van der Waals surface area contributed by atoms with Gasteiger partial charge in [-0.3, -0.25) is 4.79 Å². The fraction of sp³-hybridized carbons (Fsp3) is 0.960. The van der Waals surface area contributed by atoms with Gasteiger partial charge in [0.1, 0.15) is 5.78 Å². The highest BCUT2D eigenvalue weighted by Crippen LogP contribution is 2.68. The molecule has 1 N–H and O–H groups in total. The smallest absolute Gasteiger partial charge is 0.135 e. The van der Waals surface area contributed by atoms with Crippen LogP contribution in [0.4, 0.5) is 0 Å². The molecule has 0 aromatic carbocycles. The van der Waals surface area contributed by atoms with Crippen molar-refractivity contribution in [3.63, 3.8) is 0 Å². The van der Waals surface area contributed by atoms with E-state index in [-0.39, 0.29) is 16.9 Å². The summed E-state index contributed by atoms with van der Waals surface area (Å²) in [5.41, 5.74) is -0.243. The average molecular weight is 391 g/mol. The van der Waals surface area contributed by atoms with Gasteiger partial charge in [0.15, 0.2) is 0 Å². The summed E-state index contributed by atoms with van der Waals surface area (Å²) in [4.78, 5) is 12.3. The van der Waals surface area contributed by atoms with Gasteiger partial charge in [-0.2, -0.15) is 0 Å². The molecule has 160 valence electrons. The van der Waals surface area contributed by atoms with Crippen molar-refractivity contribution in [2.75, 3.05) is 7.11 Å². The second kappa shape index (κ2) is 7.38. The summed E-state index contributed by atoms with van der Waals surface area (Å²) in [6.45, 7) is 7.11. The maximum absolute atomic E-state index is 12.3. The van der Waals surface area contributed by atoms with Crippen LogP contribution in [0.25, 0.3) is 0 Å². The highest BCUT2D eigenvalue weighted by Gasteiger charge is 2.65. The topological polar surface area (TPSA) is 46.5 Å². The van der Waals surface area contributed by atoms with E-state index in [9.17, 15) is 9.90 Å². The van der Waals surface area contributed by atoms with E-state index in [1.54, 1.807) is 0 Å². The lowest BCUT2D eigenvalue weighted by molar-refractivity contribution is -0.190. The molecule has 0 radical (unpaired) electrons. The Bertz CT molecular complexity index is 591. The van der Waals surface area contributed by atoms with E-state index in [1.165, 1.54) is 38.5 Å². The lowest BCUT2D eigenvalue weighted by Gasteiger charge is -2.62. The number of unbranched alkanes of at least 4 members (excludes halogenated alkanes) is 2. The molecular formula is C25H42O3. The largest absolute Gasteiger partial charge is 0.389 e. The number of aliphatic hydroxyl groups is 1. The summed E-state index contributed by atoms with van der Waals surface area (Å²) in [6, 6.07) is 0. The van der Waals surface area contributed by atoms with E-state index in [0.29, 0.717) is 35.9 Å². The average Bonchev–Trinajstić information content (AvgIpc) is 2.93. The fourth-order valence-corrected chi connectivity index (χ4v) is 8.60. The number of hydrogen-bond donors (Lipinski definition) is 1. The van der Waals surface area contributed by atoms with Crippen molar-refractivity contribution >= 4 is 5.78 Å². The second-order valence-corrected chi connectivity index (χ2v) is 11.2. The minimum Gasteiger partial charge on any atom is -0.389 e. The van der Waals surface area contributed by atoms with Crippen LogP contribution in [-0.2, 0) is 9.53 Å². The molecule has 0 aliphatic heterocycles. The molecule has 0 unspecified atom stereocenters. The monoisotopic (exact) mass is 390 g/mol. The van der Waals surface area contributed by atoms with Crippen molar-refractivity contribution in [2.24, 2.45) is 34.5 Å². The van der Waals surface area contributed by atoms with Gasteiger partial charge in [-0.1, -0.05) is 40.0 Å². The molecule has 3 heteroatoms. The van der Waals surface area contributed by atoms with Gasteiger partial charge in [0.2, 0.25) is 0 Å². The van der Waals surface area contributed by atoms with E-state index in [1.807, 2.05) is 7.11 Å². The van der Waals surface area contributed by atoms with Crippen molar-refractivity contribution in [2.45, 2.75) is 110 Å². The summed E-state index contributed by atoms with van der Waals surface area (Å²) < 4.78 is 5.96. The number of rotatable bonds is 5. The highest BCUT2D eigenvalue weighted by molar-refractivity contribution is 5.80. The molecule has 0 spiro atoms. The first-order chi connectivity index (χ1) is 13.3. The van der Waals surface area contributed by atoms with Gasteiger partial charge in [-0.05, 0) is 74.0 Å².